The summed E-state index contributed by atoms with van der Waals surface area (Å²) in [7, 11) is 0. The number of para-hydroxylation sites is 1. The molecule has 0 spiro atoms. The van der Waals surface area contributed by atoms with Crippen LogP contribution >= 0.6 is 0 Å². The molecular formula is C26H17N3O3. The van der Waals surface area contributed by atoms with Crippen LogP contribution in [0, 0.1) is 0 Å². The Morgan fingerprint density at radius 3 is 2.50 bits per heavy atom. The third kappa shape index (κ3) is 3.54. The molecule has 5 aromatic rings. The third-order valence-electron chi connectivity index (χ3n) is 5.23. The summed E-state index contributed by atoms with van der Waals surface area (Å²) >= 11 is 0. The lowest BCUT2D eigenvalue weighted by Gasteiger charge is -2.12. The van der Waals surface area contributed by atoms with Gasteiger partial charge in [-0.15, -0.1) is 0 Å². The van der Waals surface area contributed by atoms with Crippen molar-refractivity contribution < 1.29 is 9.90 Å². The van der Waals surface area contributed by atoms with Gasteiger partial charge in [0.1, 0.15) is 5.82 Å². The van der Waals surface area contributed by atoms with Crippen molar-refractivity contribution in [1.82, 2.24) is 14.5 Å². The summed E-state index contributed by atoms with van der Waals surface area (Å²) < 4.78 is 1.49. The number of carboxylic acid groups (broad SMARTS) is 1. The van der Waals surface area contributed by atoms with Crippen LogP contribution in [0.2, 0.25) is 0 Å². The Hall–Kier alpha value is -4.58. The van der Waals surface area contributed by atoms with Gasteiger partial charge in [-0.2, -0.15) is 0 Å². The fourth-order valence-electron chi connectivity index (χ4n) is 3.63. The first-order valence-corrected chi connectivity index (χ1v) is 9.98. The Balaban J connectivity index is 1.66. The number of fused-ring (bicyclic) bond motifs is 2. The lowest BCUT2D eigenvalue weighted by atomic mass is 10.1. The smallest absolute Gasteiger partial charge is 0.335 e. The standard InChI is InChI=1S/C26H17N3O3/c30-25-21-5-1-2-6-23(21)28-24(29(25)20-11-9-18(10-12-20)26(31)32)14-8-17-7-13-22-19(16-17)4-3-15-27-22/h1-16H,(H,31,32)/b14-8+. The molecule has 0 saturated carbocycles. The van der Waals surface area contributed by atoms with Crippen molar-refractivity contribution in [3.05, 3.63) is 112 Å². The zero-order valence-electron chi connectivity index (χ0n) is 16.8. The summed E-state index contributed by atoms with van der Waals surface area (Å²) in [5.41, 5.74) is 2.92. The van der Waals surface area contributed by atoms with Crippen molar-refractivity contribution >= 4 is 39.9 Å². The molecule has 6 heteroatoms. The largest absolute Gasteiger partial charge is 0.478 e. The Morgan fingerprint density at radius 1 is 0.875 bits per heavy atom. The molecule has 0 fully saturated rings. The van der Waals surface area contributed by atoms with E-state index >= 15 is 0 Å². The second-order valence-corrected chi connectivity index (χ2v) is 7.27. The number of rotatable bonds is 4. The number of pyridine rings is 1. The summed E-state index contributed by atoms with van der Waals surface area (Å²) in [4.78, 5) is 33.6. The lowest BCUT2D eigenvalue weighted by Crippen LogP contribution is -2.22. The molecule has 0 atom stereocenters. The van der Waals surface area contributed by atoms with Gasteiger partial charge in [-0.05, 0) is 66.2 Å². The zero-order chi connectivity index (χ0) is 22.1. The molecule has 0 aliphatic carbocycles. The predicted octanol–water partition coefficient (Wildman–Crippen LogP) is 4.80. The van der Waals surface area contributed by atoms with Gasteiger partial charge < -0.3 is 5.11 Å². The molecular weight excluding hydrogens is 402 g/mol. The zero-order valence-corrected chi connectivity index (χ0v) is 16.8. The van der Waals surface area contributed by atoms with E-state index in [1.807, 2.05) is 42.5 Å². The highest BCUT2D eigenvalue weighted by Gasteiger charge is 2.12. The Bertz CT molecular complexity index is 1570. The number of carboxylic acids is 1. The monoisotopic (exact) mass is 419 g/mol. The van der Waals surface area contributed by atoms with Gasteiger partial charge >= 0.3 is 5.97 Å². The molecule has 2 aromatic heterocycles. The van der Waals surface area contributed by atoms with Gasteiger partial charge in [0.15, 0.2) is 0 Å². The van der Waals surface area contributed by atoms with Crippen LogP contribution in [0.25, 0.3) is 39.6 Å². The highest BCUT2D eigenvalue weighted by atomic mass is 16.4. The van der Waals surface area contributed by atoms with Gasteiger partial charge in [-0.25, -0.2) is 9.78 Å². The molecule has 2 heterocycles. The van der Waals surface area contributed by atoms with E-state index in [1.54, 1.807) is 42.6 Å². The fourth-order valence-corrected chi connectivity index (χ4v) is 3.63. The van der Waals surface area contributed by atoms with Crippen LogP contribution in [0.3, 0.4) is 0 Å². The molecule has 1 N–H and O–H groups in total. The van der Waals surface area contributed by atoms with E-state index < -0.39 is 5.97 Å². The highest BCUT2D eigenvalue weighted by molar-refractivity contribution is 5.88. The molecule has 0 saturated heterocycles. The van der Waals surface area contributed by atoms with Crippen LogP contribution in [-0.4, -0.2) is 25.6 Å². The maximum atomic E-state index is 13.3. The van der Waals surface area contributed by atoms with Gasteiger partial charge in [-0.1, -0.05) is 30.3 Å². The van der Waals surface area contributed by atoms with E-state index in [9.17, 15) is 14.7 Å². The summed E-state index contributed by atoms with van der Waals surface area (Å²) in [6.07, 6.45) is 5.44. The van der Waals surface area contributed by atoms with E-state index in [4.69, 9.17) is 4.98 Å². The van der Waals surface area contributed by atoms with Crippen LogP contribution in [0.5, 0.6) is 0 Å². The van der Waals surface area contributed by atoms with Gasteiger partial charge in [0.05, 0.1) is 27.7 Å². The first-order valence-electron chi connectivity index (χ1n) is 9.98. The Morgan fingerprint density at radius 2 is 1.69 bits per heavy atom. The number of benzene rings is 3. The number of hydrogen-bond donors (Lipinski definition) is 1. The summed E-state index contributed by atoms with van der Waals surface area (Å²) in [6.45, 7) is 0. The first kappa shape index (κ1) is 19.4. The van der Waals surface area contributed by atoms with Crippen molar-refractivity contribution in [1.29, 1.82) is 0 Å². The van der Waals surface area contributed by atoms with Gasteiger partial charge in [-0.3, -0.25) is 14.3 Å². The van der Waals surface area contributed by atoms with E-state index in [-0.39, 0.29) is 11.1 Å². The van der Waals surface area contributed by atoms with Crippen molar-refractivity contribution in [3.63, 3.8) is 0 Å². The number of aromatic nitrogens is 3. The van der Waals surface area contributed by atoms with Crippen molar-refractivity contribution in [2.24, 2.45) is 0 Å². The minimum Gasteiger partial charge on any atom is -0.478 e. The third-order valence-corrected chi connectivity index (χ3v) is 5.23. The van der Waals surface area contributed by atoms with Gasteiger partial charge in [0.25, 0.3) is 5.56 Å². The van der Waals surface area contributed by atoms with E-state index in [0.29, 0.717) is 22.4 Å². The van der Waals surface area contributed by atoms with E-state index in [0.717, 1.165) is 16.5 Å². The Kier molecular flexibility index (Phi) is 4.80. The number of aromatic carboxylic acids is 1. The summed E-state index contributed by atoms with van der Waals surface area (Å²) in [5.74, 6) is -0.575. The molecule has 5 rings (SSSR count). The number of hydrogen-bond acceptors (Lipinski definition) is 4. The molecule has 0 unspecified atom stereocenters. The van der Waals surface area contributed by atoms with Crippen LogP contribution < -0.4 is 5.56 Å². The molecule has 0 amide bonds. The Labute approximate surface area is 182 Å². The second kappa shape index (κ2) is 7.92. The minimum absolute atomic E-state index is 0.150. The molecule has 0 bridgehead atoms. The van der Waals surface area contributed by atoms with Crippen molar-refractivity contribution in [2.45, 2.75) is 0 Å². The lowest BCUT2D eigenvalue weighted by molar-refractivity contribution is 0.0697. The van der Waals surface area contributed by atoms with Crippen molar-refractivity contribution in [2.75, 3.05) is 0 Å². The number of nitrogens with zero attached hydrogens (tertiary/aromatic N) is 3. The maximum Gasteiger partial charge on any atom is 0.335 e. The maximum absolute atomic E-state index is 13.3. The molecule has 0 aliphatic rings. The number of carbonyl (C=O) groups is 1. The summed E-state index contributed by atoms with van der Waals surface area (Å²) in [6, 6.07) is 23.1. The van der Waals surface area contributed by atoms with Crippen LogP contribution in [0.1, 0.15) is 21.7 Å². The second-order valence-electron chi connectivity index (χ2n) is 7.27. The molecule has 3 aromatic carbocycles. The minimum atomic E-state index is -1.02. The average Bonchev–Trinajstić information content (AvgIpc) is 2.83. The molecule has 6 nitrogen and oxygen atoms in total. The van der Waals surface area contributed by atoms with Gasteiger partial charge in [0, 0.05) is 11.6 Å². The molecule has 32 heavy (non-hydrogen) atoms. The first-order chi connectivity index (χ1) is 15.6. The van der Waals surface area contributed by atoms with Crippen LogP contribution in [0.4, 0.5) is 0 Å². The SMILES string of the molecule is O=C(O)c1ccc(-n2c(/C=C/c3ccc4ncccc4c3)nc3ccccc3c2=O)cc1. The summed E-state index contributed by atoms with van der Waals surface area (Å²) in [5, 5.41) is 10.7. The quantitative estimate of drug-likeness (QED) is 0.452. The fraction of sp³-hybridized carbons (Fsp3) is 0. The predicted molar refractivity (Wildman–Crippen MR) is 125 cm³/mol. The van der Waals surface area contributed by atoms with E-state index in [2.05, 4.69) is 4.98 Å². The average molecular weight is 419 g/mol. The van der Waals surface area contributed by atoms with E-state index in [1.165, 1.54) is 16.7 Å². The van der Waals surface area contributed by atoms with Crippen molar-refractivity contribution in [3.8, 4) is 5.69 Å². The topological polar surface area (TPSA) is 85.1 Å². The molecule has 154 valence electrons. The highest BCUT2D eigenvalue weighted by Crippen LogP contribution is 2.18. The van der Waals surface area contributed by atoms with Gasteiger partial charge in [0.2, 0.25) is 0 Å². The molecule has 0 radical (unpaired) electrons. The molecule has 0 aliphatic heterocycles. The van der Waals surface area contributed by atoms with Crippen LogP contribution in [-0.2, 0) is 0 Å². The van der Waals surface area contributed by atoms with Crippen LogP contribution in [0.15, 0.2) is 89.9 Å². The normalized spacial score (nSPS) is 11.4.